The number of carbonyl (C=O) groups is 2. The summed E-state index contributed by atoms with van der Waals surface area (Å²) < 4.78 is 1.94. The van der Waals surface area contributed by atoms with E-state index in [1.54, 1.807) is 19.1 Å². The lowest BCUT2D eigenvalue weighted by Gasteiger charge is -2.08. The molecule has 0 fully saturated rings. The minimum Gasteiger partial charge on any atom is -0.337 e. The summed E-state index contributed by atoms with van der Waals surface area (Å²) in [6.45, 7) is 2.29. The van der Waals surface area contributed by atoms with Crippen LogP contribution in [-0.4, -0.2) is 23.1 Å². The summed E-state index contributed by atoms with van der Waals surface area (Å²) in [6, 6.07) is 10.5. The van der Waals surface area contributed by atoms with Crippen LogP contribution in [0.4, 0.5) is 4.79 Å². The molecule has 3 N–H and O–H groups in total. The molecule has 0 radical (unpaired) electrons. The van der Waals surface area contributed by atoms with Gasteiger partial charge in [-0.15, -0.1) is 0 Å². The maximum absolute atomic E-state index is 11.8. The lowest BCUT2D eigenvalue weighted by Crippen LogP contribution is -2.46. The topological polar surface area (TPSA) is 75.2 Å². The Kier molecular flexibility index (Phi) is 4.39. The molecule has 0 aliphatic rings. The van der Waals surface area contributed by atoms with Crippen LogP contribution in [0.3, 0.4) is 0 Å². The number of nitrogens with one attached hydrogen (secondary N) is 3. The van der Waals surface area contributed by atoms with E-state index in [0.717, 1.165) is 5.69 Å². The first-order chi connectivity index (χ1) is 9.70. The Morgan fingerprint density at radius 3 is 2.30 bits per heavy atom. The number of nitrogens with zero attached hydrogens (tertiary/aromatic N) is 1. The van der Waals surface area contributed by atoms with Crippen LogP contribution in [0.25, 0.3) is 5.69 Å². The monoisotopic (exact) mass is 272 g/mol. The second-order valence-electron chi connectivity index (χ2n) is 4.08. The molecule has 6 nitrogen and oxygen atoms in total. The molecule has 0 unspecified atom stereocenters. The van der Waals surface area contributed by atoms with E-state index >= 15 is 0 Å². The van der Waals surface area contributed by atoms with E-state index in [4.69, 9.17) is 0 Å². The summed E-state index contributed by atoms with van der Waals surface area (Å²) in [5.74, 6) is -0.365. The highest BCUT2D eigenvalue weighted by Gasteiger charge is 2.06. The molecule has 1 aromatic carbocycles. The van der Waals surface area contributed by atoms with Gasteiger partial charge in [-0.1, -0.05) is 0 Å². The normalized spacial score (nSPS) is 9.85. The van der Waals surface area contributed by atoms with Crippen molar-refractivity contribution < 1.29 is 9.59 Å². The van der Waals surface area contributed by atoms with Crippen LogP contribution in [0.15, 0.2) is 48.8 Å². The molecule has 3 amide bonds. The first kappa shape index (κ1) is 13.7. The minimum atomic E-state index is -0.440. The van der Waals surface area contributed by atoms with Crippen LogP contribution in [-0.2, 0) is 0 Å². The fourth-order valence-electron chi connectivity index (χ4n) is 1.68. The lowest BCUT2D eigenvalue weighted by molar-refractivity contribution is 0.0936. The smallest absolute Gasteiger partial charge is 0.333 e. The largest absolute Gasteiger partial charge is 0.337 e. The van der Waals surface area contributed by atoms with E-state index in [2.05, 4.69) is 16.2 Å². The summed E-state index contributed by atoms with van der Waals surface area (Å²) >= 11 is 0. The maximum atomic E-state index is 11.8. The Hall–Kier alpha value is -2.76. The molecule has 0 aliphatic carbocycles. The van der Waals surface area contributed by atoms with Gasteiger partial charge < -0.3 is 9.88 Å². The number of urea groups is 1. The molecule has 104 valence electrons. The number of carbonyl (C=O) groups excluding carboxylic acids is 2. The van der Waals surface area contributed by atoms with Crippen LogP contribution >= 0.6 is 0 Å². The zero-order chi connectivity index (χ0) is 14.4. The summed E-state index contributed by atoms with van der Waals surface area (Å²) in [6.07, 6.45) is 3.84. The molecule has 0 saturated carbocycles. The number of hydrazine groups is 1. The van der Waals surface area contributed by atoms with Crippen molar-refractivity contribution in [3.63, 3.8) is 0 Å². The molecule has 0 aliphatic heterocycles. The van der Waals surface area contributed by atoms with Crippen molar-refractivity contribution in [2.75, 3.05) is 6.54 Å². The Morgan fingerprint density at radius 2 is 1.70 bits per heavy atom. The SMILES string of the molecule is CCNC(=O)NNC(=O)c1ccc(-n2cccc2)cc1. The van der Waals surface area contributed by atoms with Crippen molar-refractivity contribution in [1.82, 2.24) is 20.7 Å². The van der Waals surface area contributed by atoms with Gasteiger partial charge in [-0.3, -0.25) is 10.2 Å². The van der Waals surface area contributed by atoms with Crippen molar-refractivity contribution in [3.05, 3.63) is 54.4 Å². The molecular weight excluding hydrogens is 256 g/mol. The van der Waals surface area contributed by atoms with Crippen molar-refractivity contribution >= 4 is 11.9 Å². The first-order valence-electron chi connectivity index (χ1n) is 6.28. The predicted molar refractivity (Wildman–Crippen MR) is 75.4 cm³/mol. The van der Waals surface area contributed by atoms with Gasteiger partial charge in [0.05, 0.1) is 0 Å². The van der Waals surface area contributed by atoms with Crippen LogP contribution in [0, 0.1) is 0 Å². The highest BCUT2D eigenvalue weighted by molar-refractivity contribution is 5.95. The first-order valence-corrected chi connectivity index (χ1v) is 6.28. The summed E-state index contributed by atoms with van der Waals surface area (Å²) in [7, 11) is 0. The Bertz CT molecular complexity index is 576. The summed E-state index contributed by atoms with van der Waals surface area (Å²) in [5.41, 5.74) is 6.03. The van der Waals surface area contributed by atoms with Gasteiger partial charge >= 0.3 is 6.03 Å². The van der Waals surface area contributed by atoms with Crippen LogP contribution < -0.4 is 16.2 Å². The van der Waals surface area contributed by atoms with Crippen molar-refractivity contribution in [3.8, 4) is 5.69 Å². The molecule has 1 aromatic heterocycles. The van der Waals surface area contributed by atoms with E-state index in [1.165, 1.54) is 0 Å². The summed E-state index contributed by atoms with van der Waals surface area (Å²) in [4.78, 5) is 22.9. The van der Waals surface area contributed by atoms with E-state index in [1.807, 2.05) is 41.2 Å². The summed E-state index contributed by atoms with van der Waals surface area (Å²) in [5, 5.41) is 2.51. The van der Waals surface area contributed by atoms with Gasteiger partial charge in [0.1, 0.15) is 0 Å². The van der Waals surface area contributed by atoms with Crippen LogP contribution in [0.2, 0.25) is 0 Å². The molecule has 0 bridgehead atoms. The standard InChI is InChI=1S/C14H16N4O2/c1-2-15-14(20)17-16-13(19)11-5-7-12(8-6-11)18-9-3-4-10-18/h3-10H,2H2,1H3,(H,16,19)(H2,15,17,20). The average molecular weight is 272 g/mol. The zero-order valence-electron chi connectivity index (χ0n) is 11.1. The number of amides is 3. The Balaban J connectivity index is 1.96. The number of hydrogen-bond donors (Lipinski definition) is 3. The number of benzene rings is 1. The maximum Gasteiger partial charge on any atom is 0.333 e. The lowest BCUT2D eigenvalue weighted by atomic mass is 10.2. The molecule has 0 saturated heterocycles. The second kappa shape index (κ2) is 6.42. The number of rotatable bonds is 3. The molecule has 20 heavy (non-hydrogen) atoms. The highest BCUT2D eigenvalue weighted by Crippen LogP contribution is 2.09. The van der Waals surface area contributed by atoms with Crippen LogP contribution in [0.5, 0.6) is 0 Å². The van der Waals surface area contributed by atoms with Gasteiger partial charge in [-0.05, 0) is 43.3 Å². The molecular formula is C14H16N4O2. The molecule has 2 rings (SSSR count). The molecule has 6 heteroatoms. The van der Waals surface area contributed by atoms with Gasteiger partial charge in [0.25, 0.3) is 5.91 Å². The average Bonchev–Trinajstić information content (AvgIpc) is 2.99. The van der Waals surface area contributed by atoms with Gasteiger partial charge in [0.2, 0.25) is 0 Å². The number of aromatic nitrogens is 1. The molecule has 2 aromatic rings. The van der Waals surface area contributed by atoms with Crippen LogP contribution in [0.1, 0.15) is 17.3 Å². The predicted octanol–water partition coefficient (Wildman–Crippen LogP) is 1.44. The van der Waals surface area contributed by atoms with Gasteiger partial charge in [0.15, 0.2) is 0 Å². The van der Waals surface area contributed by atoms with Crippen molar-refractivity contribution in [2.45, 2.75) is 6.92 Å². The Morgan fingerprint density at radius 1 is 1.05 bits per heavy atom. The van der Waals surface area contributed by atoms with E-state index in [-0.39, 0.29) is 5.91 Å². The highest BCUT2D eigenvalue weighted by atomic mass is 16.2. The molecule has 0 atom stereocenters. The van der Waals surface area contributed by atoms with E-state index in [9.17, 15) is 9.59 Å². The quantitative estimate of drug-likeness (QED) is 0.740. The van der Waals surface area contributed by atoms with Gasteiger partial charge in [0, 0.05) is 30.2 Å². The Labute approximate surface area is 116 Å². The van der Waals surface area contributed by atoms with Crippen molar-refractivity contribution in [2.24, 2.45) is 0 Å². The van der Waals surface area contributed by atoms with E-state index < -0.39 is 6.03 Å². The molecule has 0 spiro atoms. The molecule has 1 heterocycles. The third kappa shape index (κ3) is 3.38. The zero-order valence-corrected chi connectivity index (χ0v) is 11.1. The third-order valence-electron chi connectivity index (χ3n) is 2.66. The van der Waals surface area contributed by atoms with Gasteiger partial charge in [-0.2, -0.15) is 0 Å². The number of hydrogen-bond acceptors (Lipinski definition) is 2. The fourth-order valence-corrected chi connectivity index (χ4v) is 1.68. The second-order valence-corrected chi connectivity index (χ2v) is 4.08. The van der Waals surface area contributed by atoms with Crippen molar-refractivity contribution in [1.29, 1.82) is 0 Å². The fraction of sp³-hybridized carbons (Fsp3) is 0.143. The third-order valence-corrected chi connectivity index (χ3v) is 2.66. The minimum absolute atomic E-state index is 0.365. The van der Waals surface area contributed by atoms with E-state index in [0.29, 0.717) is 12.1 Å². The van der Waals surface area contributed by atoms with Gasteiger partial charge in [-0.25, -0.2) is 10.2 Å².